The number of fused-ring (bicyclic) bond motifs is 2. The lowest BCUT2D eigenvalue weighted by Crippen LogP contribution is -2.57. The van der Waals surface area contributed by atoms with Crippen molar-refractivity contribution in [3.8, 4) is 5.75 Å². The molecule has 3 amide bonds. The van der Waals surface area contributed by atoms with Crippen LogP contribution in [-0.4, -0.2) is 86.6 Å². The highest BCUT2D eigenvalue weighted by Crippen LogP contribution is 2.66. The number of aliphatic hydroxyl groups excluding tert-OH is 1. The lowest BCUT2D eigenvalue weighted by Gasteiger charge is -2.39. The second-order valence-corrected chi connectivity index (χ2v) is 12.8. The van der Waals surface area contributed by atoms with Crippen LogP contribution in [0.4, 0.5) is 5.69 Å². The molecule has 1 unspecified atom stereocenters. The molecule has 4 aliphatic heterocycles. The molecule has 8 nitrogen and oxygen atoms in total. The molecule has 204 valence electrons. The molecular weight excluding hydrogens is 502 g/mol. The first-order chi connectivity index (χ1) is 18.1. The van der Waals surface area contributed by atoms with Crippen LogP contribution in [0.2, 0.25) is 0 Å². The molecule has 2 fully saturated rings. The van der Waals surface area contributed by atoms with E-state index in [2.05, 4.69) is 6.08 Å². The molecule has 0 saturated carbocycles. The zero-order valence-electron chi connectivity index (χ0n) is 22.7. The standard InChI is InChI=1S/C29H37N3O5S/c1-6-37-21-11-9-20(10-12-21)31-16-7-13-28(5)22(25(31)34)23-26(35)32(19(4)17-33)24-27(36)30(18(2)3)15-8-14-29(23,24)38-28/h7-14,18-19,22-24,33H,6,15-17H2,1-5H3/t19-,22-,23+,24?,28+,29+/m1/s1. The van der Waals surface area contributed by atoms with Gasteiger partial charge < -0.3 is 24.5 Å². The second-order valence-electron chi connectivity index (χ2n) is 11.0. The zero-order chi connectivity index (χ0) is 27.4. The molecule has 1 N–H and O–H groups in total. The third kappa shape index (κ3) is 3.88. The Morgan fingerprint density at radius 1 is 1.00 bits per heavy atom. The first-order valence-corrected chi connectivity index (χ1v) is 14.2. The molecule has 0 radical (unpaired) electrons. The molecule has 4 aliphatic rings. The van der Waals surface area contributed by atoms with E-state index >= 15 is 0 Å². The van der Waals surface area contributed by atoms with Gasteiger partial charge in [0.05, 0.1) is 35.8 Å². The minimum absolute atomic E-state index is 0.0492. The predicted octanol–water partition coefficient (Wildman–Crippen LogP) is 2.86. The monoisotopic (exact) mass is 539 g/mol. The van der Waals surface area contributed by atoms with Crippen LogP contribution in [0.5, 0.6) is 5.75 Å². The van der Waals surface area contributed by atoms with Crippen LogP contribution in [0.3, 0.4) is 0 Å². The third-order valence-corrected chi connectivity index (χ3v) is 10.1. The fourth-order valence-electron chi connectivity index (χ4n) is 6.63. The molecule has 0 aliphatic carbocycles. The maximum atomic E-state index is 14.4. The number of ether oxygens (including phenoxy) is 1. The van der Waals surface area contributed by atoms with Gasteiger partial charge in [0.15, 0.2) is 0 Å². The zero-order valence-corrected chi connectivity index (χ0v) is 23.5. The van der Waals surface area contributed by atoms with E-state index in [-0.39, 0.29) is 30.4 Å². The van der Waals surface area contributed by atoms with Gasteiger partial charge in [-0.05, 0) is 58.9 Å². The van der Waals surface area contributed by atoms with Gasteiger partial charge in [-0.15, -0.1) is 11.8 Å². The summed E-state index contributed by atoms with van der Waals surface area (Å²) in [6.07, 6.45) is 8.04. The van der Waals surface area contributed by atoms with Crippen molar-refractivity contribution in [1.82, 2.24) is 9.80 Å². The van der Waals surface area contributed by atoms with Crippen LogP contribution in [0, 0.1) is 11.8 Å². The smallest absolute Gasteiger partial charge is 0.247 e. The first kappa shape index (κ1) is 26.8. The van der Waals surface area contributed by atoms with Crippen molar-refractivity contribution in [2.75, 3.05) is 31.2 Å². The number of rotatable bonds is 6. The van der Waals surface area contributed by atoms with E-state index in [0.29, 0.717) is 19.7 Å². The van der Waals surface area contributed by atoms with E-state index in [9.17, 15) is 19.5 Å². The Hall–Kier alpha value is -2.78. The van der Waals surface area contributed by atoms with Crippen LogP contribution >= 0.6 is 11.8 Å². The average Bonchev–Trinajstić information content (AvgIpc) is 3.16. The quantitative estimate of drug-likeness (QED) is 0.560. The SMILES string of the molecule is CCOc1ccc(N2CC=C[C@]3(C)S[C@]45C=CCN(C(C)C)C(=O)C4N([C@H](C)CO)C(=O)[C@@H]5[C@@H]3C2=O)cc1. The number of aliphatic hydroxyl groups is 1. The molecule has 6 atom stereocenters. The molecule has 5 rings (SSSR count). The van der Waals surface area contributed by atoms with Crippen LogP contribution in [0.25, 0.3) is 0 Å². The Morgan fingerprint density at radius 3 is 2.32 bits per heavy atom. The van der Waals surface area contributed by atoms with Crippen molar-refractivity contribution in [3.05, 3.63) is 48.6 Å². The van der Waals surface area contributed by atoms with E-state index < -0.39 is 33.4 Å². The summed E-state index contributed by atoms with van der Waals surface area (Å²) in [6, 6.07) is 6.03. The second kappa shape index (κ2) is 9.75. The van der Waals surface area contributed by atoms with E-state index in [1.165, 1.54) is 0 Å². The van der Waals surface area contributed by atoms with Crippen molar-refractivity contribution in [3.63, 3.8) is 0 Å². The van der Waals surface area contributed by atoms with Crippen LogP contribution in [0.15, 0.2) is 48.6 Å². The number of amides is 3. The van der Waals surface area contributed by atoms with Gasteiger partial charge in [0.1, 0.15) is 11.8 Å². The summed E-state index contributed by atoms with van der Waals surface area (Å²) in [5, 5.41) is 10.1. The number of nitrogens with zero attached hydrogens (tertiary/aromatic N) is 3. The van der Waals surface area contributed by atoms with Crippen LogP contribution in [0.1, 0.15) is 34.6 Å². The number of hydrogen-bond acceptors (Lipinski definition) is 6. The number of carbonyl (C=O) groups is 3. The fourth-order valence-corrected chi connectivity index (χ4v) is 8.77. The van der Waals surface area contributed by atoms with Crippen molar-refractivity contribution in [2.45, 2.75) is 62.2 Å². The van der Waals surface area contributed by atoms with Gasteiger partial charge >= 0.3 is 0 Å². The van der Waals surface area contributed by atoms with Gasteiger partial charge in [0.25, 0.3) is 0 Å². The first-order valence-electron chi connectivity index (χ1n) is 13.4. The van der Waals surface area contributed by atoms with Gasteiger partial charge in [-0.25, -0.2) is 0 Å². The summed E-state index contributed by atoms with van der Waals surface area (Å²) in [5.41, 5.74) is 0.736. The van der Waals surface area contributed by atoms with E-state index in [1.807, 2.05) is 70.2 Å². The van der Waals surface area contributed by atoms with Gasteiger partial charge in [-0.1, -0.05) is 24.3 Å². The summed E-state index contributed by atoms with van der Waals surface area (Å²) < 4.78 is 3.98. The topological polar surface area (TPSA) is 90.4 Å². The number of thioether (sulfide) groups is 1. The van der Waals surface area contributed by atoms with Crippen LogP contribution < -0.4 is 9.64 Å². The van der Waals surface area contributed by atoms with E-state index in [0.717, 1.165) is 11.4 Å². The molecule has 1 aromatic rings. The van der Waals surface area contributed by atoms with Crippen molar-refractivity contribution >= 4 is 35.2 Å². The fraction of sp³-hybridized carbons (Fsp3) is 0.552. The van der Waals surface area contributed by atoms with Crippen molar-refractivity contribution in [1.29, 1.82) is 0 Å². The predicted molar refractivity (Wildman–Crippen MR) is 148 cm³/mol. The summed E-state index contributed by atoms with van der Waals surface area (Å²) in [7, 11) is 0. The maximum absolute atomic E-state index is 14.4. The normalized spacial score (nSPS) is 33.3. The number of hydrogen-bond donors (Lipinski definition) is 1. The van der Waals surface area contributed by atoms with Gasteiger partial charge in [0, 0.05) is 29.6 Å². The Morgan fingerprint density at radius 2 is 1.68 bits per heavy atom. The van der Waals surface area contributed by atoms with Crippen molar-refractivity contribution < 1.29 is 24.2 Å². The Kier molecular flexibility index (Phi) is 6.88. The highest BCUT2D eigenvalue weighted by Gasteiger charge is 2.74. The molecule has 9 heteroatoms. The van der Waals surface area contributed by atoms with Gasteiger partial charge in [-0.2, -0.15) is 0 Å². The molecule has 4 heterocycles. The minimum Gasteiger partial charge on any atom is -0.494 e. The van der Waals surface area contributed by atoms with Gasteiger partial charge in [0.2, 0.25) is 17.7 Å². The number of anilines is 1. The van der Waals surface area contributed by atoms with E-state index in [4.69, 9.17) is 4.74 Å². The molecule has 2 saturated heterocycles. The van der Waals surface area contributed by atoms with Crippen molar-refractivity contribution in [2.24, 2.45) is 11.8 Å². The van der Waals surface area contributed by atoms with Crippen LogP contribution in [-0.2, 0) is 14.4 Å². The molecule has 0 bridgehead atoms. The number of benzene rings is 1. The molecule has 38 heavy (non-hydrogen) atoms. The van der Waals surface area contributed by atoms with E-state index in [1.54, 1.807) is 33.4 Å². The molecule has 1 spiro atoms. The largest absolute Gasteiger partial charge is 0.494 e. The Bertz CT molecular complexity index is 1180. The summed E-state index contributed by atoms with van der Waals surface area (Å²) in [6.45, 7) is 10.8. The summed E-state index contributed by atoms with van der Waals surface area (Å²) in [5.74, 6) is -1.18. The number of likely N-dealkylation sites (tertiary alicyclic amines) is 1. The summed E-state index contributed by atoms with van der Waals surface area (Å²) >= 11 is 1.56. The Labute approximate surface area is 228 Å². The molecule has 1 aromatic carbocycles. The highest BCUT2D eigenvalue weighted by molar-refractivity contribution is 8.02. The maximum Gasteiger partial charge on any atom is 0.247 e. The van der Waals surface area contributed by atoms with Gasteiger partial charge in [-0.3, -0.25) is 14.4 Å². The minimum atomic E-state index is -0.914. The lowest BCUT2D eigenvalue weighted by atomic mass is 9.74. The summed E-state index contributed by atoms with van der Waals surface area (Å²) in [4.78, 5) is 47.8. The highest BCUT2D eigenvalue weighted by atomic mass is 32.2. The molecule has 0 aromatic heterocycles. The molecular formula is C29H37N3O5S. The lowest BCUT2D eigenvalue weighted by molar-refractivity contribution is -0.146. The average molecular weight is 540 g/mol. The Balaban J connectivity index is 1.61. The third-order valence-electron chi connectivity index (χ3n) is 8.35. The number of carbonyl (C=O) groups excluding carboxylic acids is 3.